The van der Waals surface area contributed by atoms with Crippen LogP contribution in [0.1, 0.15) is 20.1 Å². The van der Waals surface area contributed by atoms with Gasteiger partial charge in [0.1, 0.15) is 24.1 Å². The number of aliphatic hydroxyl groups excluding tert-OH is 3. The monoisotopic (exact) mass is 440 g/mol. The summed E-state index contributed by atoms with van der Waals surface area (Å²) >= 11 is 0. The molecule has 2 aliphatic heterocycles. The lowest BCUT2D eigenvalue weighted by Crippen LogP contribution is -2.47. The number of carbonyl (C=O) groups excluding carboxylic acids is 1. The van der Waals surface area contributed by atoms with Crippen molar-refractivity contribution in [2.75, 3.05) is 39.1 Å². The Balaban J connectivity index is 0.00000132. The summed E-state index contributed by atoms with van der Waals surface area (Å²) in [5.74, 6) is -1.08. The van der Waals surface area contributed by atoms with Gasteiger partial charge >= 0.3 is 0 Å². The molecule has 0 saturated carbocycles. The molecule has 2 aromatic rings. The normalized spacial score (nSPS) is 26.4. The van der Waals surface area contributed by atoms with Crippen LogP contribution in [0.5, 0.6) is 0 Å². The predicted octanol–water partition coefficient (Wildman–Crippen LogP) is -1.75. The molecule has 4 atom stereocenters. The van der Waals surface area contributed by atoms with Crippen molar-refractivity contribution < 1.29 is 34.3 Å². The van der Waals surface area contributed by atoms with Crippen LogP contribution in [0.2, 0.25) is 0 Å². The molecule has 2 fully saturated rings. The lowest BCUT2D eigenvalue weighted by atomic mass is 10.1. The Labute approximate surface area is 178 Å². The number of hydrogen-bond donors (Lipinski definition) is 4. The zero-order chi connectivity index (χ0) is 22.8. The van der Waals surface area contributed by atoms with Gasteiger partial charge in [0.25, 0.3) is 5.91 Å². The Morgan fingerprint density at radius 3 is 2.45 bits per heavy atom. The zero-order valence-corrected chi connectivity index (χ0v) is 17.6. The molecule has 0 spiro atoms. The SMILES string of the molecule is CC1(C)OC2C(C(=O)N(CCO)CCO)OC(n3cnc4c(N)ncnc43)C2O1.CO. The molecule has 31 heavy (non-hydrogen) atoms. The summed E-state index contributed by atoms with van der Waals surface area (Å²) in [5.41, 5.74) is 6.74. The molecule has 0 aliphatic carbocycles. The van der Waals surface area contributed by atoms with Gasteiger partial charge in [0.05, 0.1) is 19.5 Å². The summed E-state index contributed by atoms with van der Waals surface area (Å²) in [4.78, 5) is 26.8. The van der Waals surface area contributed by atoms with Crippen LogP contribution in [0.4, 0.5) is 5.82 Å². The molecule has 4 rings (SSSR count). The molecular weight excluding hydrogens is 412 g/mol. The van der Waals surface area contributed by atoms with Crippen LogP contribution in [0.3, 0.4) is 0 Å². The van der Waals surface area contributed by atoms with Crippen molar-refractivity contribution in [3.05, 3.63) is 12.7 Å². The molecule has 4 unspecified atom stereocenters. The van der Waals surface area contributed by atoms with Crippen LogP contribution < -0.4 is 5.73 Å². The number of carbonyl (C=O) groups is 1. The van der Waals surface area contributed by atoms with Crippen molar-refractivity contribution in [3.63, 3.8) is 0 Å². The standard InChI is InChI=1S/C17H24N6O6.CH4O/c1-17(2)28-10-11(15(26)22(3-5-24)4-6-25)27-16(12(10)29-17)23-8-21-9-13(18)19-7-20-14(9)23;1-2/h7-8,10-12,16,24-25H,3-6H2,1-2H3,(H2,18,19,20);2H,1H3. The predicted molar refractivity (Wildman–Crippen MR) is 106 cm³/mol. The fourth-order valence-electron chi connectivity index (χ4n) is 3.81. The van der Waals surface area contributed by atoms with Crippen LogP contribution in [0.25, 0.3) is 11.2 Å². The van der Waals surface area contributed by atoms with Crippen molar-refractivity contribution in [1.82, 2.24) is 24.4 Å². The van der Waals surface area contributed by atoms with Crippen molar-refractivity contribution >= 4 is 22.9 Å². The lowest BCUT2D eigenvalue weighted by Gasteiger charge is -2.28. The van der Waals surface area contributed by atoms with Crippen molar-refractivity contribution in [3.8, 4) is 0 Å². The Bertz CT molecular complexity index is 901. The summed E-state index contributed by atoms with van der Waals surface area (Å²) in [6, 6.07) is 0. The average Bonchev–Trinajstić information content (AvgIpc) is 3.40. The number of aromatic nitrogens is 4. The van der Waals surface area contributed by atoms with Crippen molar-refractivity contribution in [1.29, 1.82) is 0 Å². The van der Waals surface area contributed by atoms with Crippen LogP contribution in [-0.4, -0.2) is 103 Å². The molecule has 1 amide bonds. The minimum absolute atomic E-state index is 0.0727. The molecule has 0 radical (unpaired) electrons. The van der Waals surface area contributed by atoms with Gasteiger partial charge in [0.15, 0.2) is 29.6 Å². The van der Waals surface area contributed by atoms with E-state index in [0.717, 1.165) is 7.11 Å². The Hall–Kier alpha value is -2.42. The van der Waals surface area contributed by atoms with Gasteiger partial charge in [-0.1, -0.05) is 0 Å². The van der Waals surface area contributed by atoms with Crippen molar-refractivity contribution in [2.24, 2.45) is 0 Å². The molecule has 13 heteroatoms. The Kier molecular flexibility index (Phi) is 7.03. The van der Waals surface area contributed by atoms with E-state index >= 15 is 0 Å². The topological polar surface area (TPSA) is 178 Å². The van der Waals surface area contributed by atoms with Crippen LogP contribution >= 0.6 is 0 Å². The maximum Gasteiger partial charge on any atom is 0.254 e. The molecule has 5 N–H and O–H groups in total. The molecular formula is C18H28N6O7. The third kappa shape index (κ3) is 4.33. The van der Waals surface area contributed by atoms with E-state index < -0.39 is 36.2 Å². The van der Waals surface area contributed by atoms with Gasteiger partial charge in [-0.2, -0.15) is 0 Å². The molecule has 2 saturated heterocycles. The van der Waals surface area contributed by atoms with Gasteiger partial charge in [-0.05, 0) is 13.8 Å². The smallest absolute Gasteiger partial charge is 0.254 e. The van der Waals surface area contributed by atoms with E-state index in [4.69, 9.17) is 25.1 Å². The second-order valence-electron chi connectivity index (χ2n) is 7.37. The quantitative estimate of drug-likeness (QED) is 0.400. The highest BCUT2D eigenvalue weighted by Crippen LogP contribution is 2.44. The first-order valence-corrected chi connectivity index (χ1v) is 9.75. The number of imidazole rings is 1. The largest absolute Gasteiger partial charge is 0.400 e. The molecule has 4 heterocycles. The third-order valence-corrected chi connectivity index (χ3v) is 4.99. The van der Waals surface area contributed by atoms with Gasteiger partial charge in [0.2, 0.25) is 0 Å². The van der Waals surface area contributed by atoms with E-state index in [0.29, 0.717) is 11.2 Å². The molecule has 2 aromatic heterocycles. The minimum Gasteiger partial charge on any atom is -0.400 e. The van der Waals surface area contributed by atoms with E-state index in [2.05, 4.69) is 15.0 Å². The summed E-state index contributed by atoms with van der Waals surface area (Å²) in [5, 5.41) is 25.5. The highest BCUT2D eigenvalue weighted by atomic mass is 16.8. The van der Waals surface area contributed by atoms with E-state index in [1.807, 2.05) is 0 Å². The number of nitrogens with two attached hydrogens (primary N) is 1. The highest BCUT2D eigenvalue weighted by molar-refractivity contribution is 5.83. The number of nitrogen functional groups attached to an aromatic ring is 1. The Morgan fingerprint density at radius 2 is 1.81 bits per heavy atom. The summed E-state index contributed by atoms with van der Waals surface area (Å²) < 4.78 is 19.7. The second-order valence-corrected chi connectivity index (χ2v) is 7.37. The molecule has 0 bridgehead atoms. The first kappa shape index (κ1) is 23.2. The number of hydrogen-bond acceptors (Lipinski definition) is 11. The van der Waals surface area contributed by atoms with Gasteiger partial charge in [0, 0.05) is 20.2 Å². The number of aliphatic hydroxyl groups is 3. The van der Waals surface area contributed by atoms with E-state index in [-0.39, 0.29) is 32.1 Å². The van der Waals surface area contributed by atoms with Crippen LogP contribution in [0.15, 0.2) is 12.7 Å². The number of rotatable bonds is 6. The summed E-state index contributed by atoms with van der Waals surface area (Å²) in [7, 11) is 1.00. The van der Waals surface area contributed by atoms with E-state index in [1.165, 1.54) is 17.6 Å². The number of amides is 1. The fourth-order valence-corrected chi connectivity index (χ4v) is 3.81. The summed E-state index contributed by atoms with van der Waals surface area (Å²) in [6.45, 7) is 3.19. The van der Waals surface area contributed by atoms with Crippen molar-refractivity contribution in [2.45, 2.75) is 44.2 Å². The number of anilines is 1. The third-order valence-electron chi connectivity index (χ3n) is 4.99. The number of nitrogens with zero attached hydrogens (tertiary/aromatic N) is 5. The molecule has 13 nitrogen and oxygen atoms in total. The molecule has 0 aromatic carbocycles. The summed E-state index contributed by atoms with van der Waals surface area (Å²) in [6.07, 6.45) is -0.165. The van der Waals surface area contributed by atoms with Crippen LogP contribution in [0, 0.1) is 0 Å². The first-order chi connectivity index (χ1) is 14.9. The zero-order valence-electron chi connectivity index (χ0n) is 17.6. The fraction of sp³-hybridized carbons (Fsp3) is 0.667. The minimum atomic E-state index is -0.985. The first-order valence-electron chi connectivity index (χ1n) is 9.75. The number of ether oxygens (including phenoxy) is 3. The van der Waals surface area contributed by atoms with Gasteiger partial charge in [-0.3, -0.25) is 9.36 Å². The average molecular weight is 440 g/mol. The molecule has 172 valence electrons. The second kappa shape index (κ2) is 9.38. The lowest BCUT2D eigenvalue weighted by molar-refractivity contribution is -0.200. The van der Waals surface area contributed by atoms with Gasteiger partial charge < -0.3 is 40.2 Å². The van der Waals surface area contributed by atoms with Crippen LogP contribution in [-0.2, 0) is 19.0 Å². The Morgan fingerprint density at radius 1 is 1.16 bits per heavy atom. The highest BCUT2D eigenvalue weighted by Gasteiger charge is 2.58. The van der Waals surface area contributed by atoms with E-state index in [9.17, 15) is 15.0 Å². The van der Waals surface area contributed by atoms with E-state index in [1.54, 1.807) is 18.4 Å². The maximum atomic E-state index is 13.1. The van der Waals surface area contributed by atoms with Gasteiger partial charge in [-0.15, -0.1) is 0 Å². The maximum absolute atomic E-state index is 13.1. The number of fused-ring (bicyclic) bond motifs is 2. The van der Waals surface area contributed by atoms with Gasteiger partial charge in [-0.25, -0.2) is 15.0 Å². The molecule has 2 aliphatic rings.